The van der Waals surface area contributed by atoms with E-state index in [0.717, 1.165) is 24.8 Å². The van der Waals surface area contributed by atoms with Crippen LogP contribution in [0.1, 0.15) is 30.0 Å². The number of amides is 1. The number of aryl methyl sites for hydroxylation is 1. The molecule has 2 rings (SSSR count). The highest BCUT2D eigenvalue weighted by atomic mass is 16.4. The van der Waals surface area contributed by atoms with Crippen LogP contribution in [-0.4, -0.2) is 6.09 Å². The lowest BCUT2D eigenvalue weighted by molar-refractivity contribution is 0.162. The standard InChI is InChI=1S/C11H12NO2/c13-11(14)12-10-7-3-5-8-4-1-2-6-9(8)10/h1-2,4,6,10,12H,3,5,7H2. The minimum absolute atomic E-state index is 0.0788. The molecule has 73 valence electrons. The fraction of sp³-hybridized carbons (Fsp3) is 0.364. The summed E-state index contributed by atoms with van der Waals surface area (Å²) in [6.45, 7) is 0. The van der Waals surface area contributed by atoms with E-state index in [0.29, 0.717) is 0 Å². The summed E-state index contributed by atoms with van der Waals surface area (Å²) in [6.07, 6.45) is 1.75. The van der Waals surface area contributed by atoms with Gasteiger partial charge in [-0.25, -0.2) is 9.90 Å². The van der Waals surface area contributed by atoms with Crippen LogP contribution in [0, 0.1) is 0 Å². The molecule has 1 radical (unpaired) electrons. The van der Waals surface area contributed by atoms with Crippen LogP contribution in [0.2, 0.25) is 0 Å². The van der Waals surface area contributed by atoms with Crippen LogP contribution in [0.3, 0.4) is 0 Å². The Morgan fingerprint density at radius 2 is 2.14 bits per heavy atom. The van der Waals surface area contributed by atoms with Crippen LogP contribution >= 0.6 is 0 Å². The molecule has 0 spiro atoms. The molecule has 1 atom stereocenters. The molecule has 14 heavy (non-hydrogen) atoms. The van der Waals surface area contributed by atoms with Gasteiger partial charge in [0, 0.05) is 0 Å². The van der Waals surface area contributed by atoms with E-state index in [4.69, 9.17) is 0 Å². The maximum Gasteiger partial charge on any atom is 0.451 e. The van der Waals surface area contributed by atoms with Crippen LogP contribution in [-0.2, 0) is 11.5 Å². The lowest BCUT2D eigenvalue weighted by Gasteiger charge is -2.24. The average Bonchev–Trinajstić information content (AvgIpc) is 2.18. The molecule has 0 saturated carbocycles. The number of rotatable bonds is 1. The van der Waals surface area contributed by atoms with Crippen LogP contribution in [0.5, 0.6) is 0 Å². The van der Waals surface area contributed by atoms with Gasteiger partial charge in [-0.15, -0.1) is 0 Å². The molecule has 0 bridgehead atoms. The topological polar surface area (TPSA) is 49.0 Å². The Morgan fingerprint density at radius 3 is 2.93 bits per heavy atom. The molecular formula is C11H12NO2. The molecule has 0 fully saturated rings. The highest BCUT2D eigenvalue weighted by molar-refractivity contribution is 5.65. The van der Waals surface area contributed by atoms with Gasteiger partial charge in [-0.3, -0.25) is 0 Å². The van der Waals surface area contributed by atoms with Gasteiger partial charge in [-0.1, -0.05) is 24.3 Å². The van der Waals surface area contributed by atoms with Crippen LogP contribution < -0.4 is 5.32 Å². The fourth-order valence-corrected chi connectivity index (χ4v) is 2.05. The first-order valence-electron chi connectivity index (χ1n) is 4.82. The van der Waals surface area contributed by atoms with Gasteiger partial charge >= 0.3 is 6.09 Å². The number of carbonyl (C=O) groups is 1. The van der Waals surface area contributed by atoms with Crippen molar-refractivity contribution in [3.05, 3.63) is 35.4 Å². The molecule has 3 heteroatoms. The van der Waals surface area contributed by atoms with Crippen molar-refractivity contribution >= 4 is 6.09 Å². The van der Waals surface area contributed by atoms with Gasteiger partial charge in [0.2, 0.25) is 0 Å². The van der Waals surface area contributed by atoms with Crippen molar-refractivity contribution < 1.29 is 9.90 Å². The van der Waals surface area contributed by atoms with E-state index in [1.165, 1.54) is 5.56 Å². The van der Waals surface area contributed by atoms with E-state index >= 15 is 0 Å². The number of benzene rings is 1. The molecular weight excluding hydrogens is 178 g/mol. The first kappa shape index (κ1) is 9.06. The second-order valence-corrected chi connectivity index (χ2v) is 3.58. The SMILES string of the molecule is [O]C(=O)NC1CCCc2ccccc21. The van der Waals surface area contributed by atoms with E-state index < -0.39 is 6.09 Å². The quantitative estimate of drug-likeness (QED) is 0.725. The molecule has 1 aromatic rings. The zero-order valence-corrected chi connectivity index (χ0v) is 7.82. The van der Waals surface area contributed by atoms with Crippen LogP contribution in [0.25, 0.3) is 0 Å². The van der Waals surface area contributed by atoms with E-state index in [2.05, 4.69) is 11.4 Å². The van der Waals surface area contributed by atoms with E-state index in [9.17, 15) is 9.90 Å². The van der Waals surface area contributed by atoms with Crippen molar-refractivity contribution in [1.29, 1.82) is 0 Å². The molecule has 1 unspecified atom stereocenters. The fourth-order valence-electron chi connectivity index (χ4n) is 2.05. The summed E-state index contributed by atoms with van der Waals surface area (Å²) in [5.74, 6) is 0. The molecule has 3 nitrogen and oxygen atoms in total. The Morgan fingerprint density at radius 1 is 1.36 bits per heavy atom. The highest BCUT2D eigenvalue weighted by Gasteiger charge is 2.21. The zero-order chi connectivity index (χ0) is 9.97. The minimum Gasteiger partial charge on any atom is -0.312 e. The summed E-state index contributed by atoms with van der Waals surface area (Å²) in [5, 5.41) is 12.9. The predicted molar refractivity (Wildman–Crippen MR) is 51.3 cm³/mol. The van der Waals surface area contributed by atoms with Crippen LogP contribution in [0.4, 0.5) is 4.79 Å². The van der Waals surface area contributed by atoms with Crippen molar-refractivity contribution in [1.82, 2.24) is 5.32 Å². The average molecular weight is 190 g/mol. The zero-order valence-electron chi connectivity index (χ0n) is 7.82. The minimum atomic E-state index is -1.19. The number of fused-ring (bicyclic) bond motifs is 1. The predicted octanol–water partition coefficient (Wildman–Crippen LogP) is 2.20. The number of hydrogen-bond acceptors (Lipinski definition) is 1. The van der Waals surface area contributed by atoms with E-state index in [-0.39, 0.29) is 6.04 Å². The Balaban J connectivity index is 2.26. The van der Waals surface area contributed by atoms with Crippen molar-refractivity contribution in [3.8, 4) is 0 Å². The molecule has 0 heterocycles. The maximum atomic E-state index is 10.5. The third-order valence-corrected chi connectivity index (χ3v) is 2.66. The summed E-state index contributed by atoms with van der Waals surface area (Å²) in [5.41, 5.74) is 2.35. The summed E-state index contributed by atoms with van der Waals surface area (Å²) in [7, 11) is 0. The van der Waals surface area contributed by atoms with Crippen molar-refractivity contribution in [2.45, 2.75) is 25.3 Å². The second-order valence-electron chi connectivity index (χ2n) is 3.58. The monoisotopic (exact) mass is 190 g/mol. The summed E-state index contributed by atoms with van der Waals surface area (Å²) in [4.78, 5) is 10.5. The van der Waals surface area contributed by atoms with Crippen molar-refractivity contribution in [3.63, 3.8) is 0 Å². The second kappa shape index (κ2) is 3.70. The third-order valence-electron chi connectivity index (χ3n) is 2.66. The Hall–Kier alpha value is -1.51. The smallest absolute Gasteiger partial charge is 0.312 e. The van der Waals surface area contributed by atoms with Gasteiger partial charge in [-0.2, -0.15) is 0 Å². The normalized spacial score (nSPS) is 19.9. The van der Waals surface area contributed by atoms with Crippen molar-refractivity contribution in [2.24, 2.45) is 0 Å². The van der Waals surface area contributed by atoms with Gasteiger partial charge in [-0.05, 0) is 30.4 Å². The molecule has 0 aliphatic heterocycles. The number of nitrogens with one attached hydrogen (secondary N) is 1. The molecule has 1 N–H and O–H groups in total. The Kier molecular flexibility index (Phi) is 2.39. The molecule has 0 aromatic heterocycles. The first-order valence-corrected chi connectivity index (χ1v) is 4.82. The maximum absolute atomic E-state index is 10.5. The first-order chi connectivity index (χ1) is 6.77. The highest BCUT2D eigenvalue weighted by Crippen LogP contribution is 2.29. The third kappa shape index (κ3) is 1.71. The number of hydrogen-bond donors (Lipinski definition) is 1. The van der Waals surface area contributed by atoms with Gasteiger partial charge in [0.1, 0.15) is 0 Å². The van der Waals surface area contributed by atoms with Crippen LogP contribution in [0.15, 0.2) is 24.3 Å². The Bertz CT molecular complexity index is 349. The molecule has 1 aliphatic rings. The largest absolute Gasteiger partial charge is 0.451 e. The van der Waals surface area contributed by atoms with E-state index in [1.54, 1.807) is 0 Å². The lowest BCUT2D eigenvalue weighted by atomic mass is 9.88. The lowest BCUT2D eigenvalue weighted by Crippen LogP contribution is -2.28. The van der Waals surface area contributed by atoms with Gasteiger partial charge in [0.15, 0.2) is 0 Å². The number of carbonyl (C=O) groups excluding carboxylic acids is 1. The summed E-state index contributed by atoms with van der Waals surface area (Å²) >= 11 is 0. The van der Waals surface area contributed by atoms with Gasteiger partial charge in [0.25, 0.3) is 0 Å². The molecule has 1 aromatic carbocycles. The molecule has 0 saturated heterocycles. The molecule has 1 amide bonds. The van der Waals surface area contributed by atoms with Gasteiger partial charge in [0.05, 0.1) is 6.04 Å². The molecule has 1 aliphatic carbocycles. The van der Waals surface area contributed by atoms with E-state index in [1.807, 2.05) is 18.2 Å². The Labute approximate surface area is 82.8 Å². The van der Waals surface area contributed by atoms with Gasteiger partial charge < -0.3 is 5.32 Å². The summed E-state index contributed by atoms with van der Waals surface area (Å²) in [6, 6.07) is 7.88. The van der Waals surface area contributed by atoms with Crippen molar-refractivity contribution in [2.75, 3.05) is 0 Å². The summed E-state index contributed by atoms with van der Waals surface area (Å²) < 4.78 is 0.